The predicted octanol–water partition coefficient (Wildman–Crippen LogP) is 4.64. The molecule has 0 aromatic carbocycles. The van der Waals surface area contributed by atoms with E-state index in [-0.39, 0.29) is 24.4 Å². The van der Waals surface area contributed by atoms with Gasteiger partial charge < -0.3 is 9.47 Å². The molecule has 0 aliphatic rings. The smallest absolute Gasteiger partial charge is 0.267 e. The third kappa shape index (κ3) is 9.62. The normalized spacial score (nSPS) is 10.6. The van der Waals surface area contributed by atoms with Crippen molar-refractivity contribution < 1.29 is 18.3 Å². The molecule has 150 valence electrons. The van der Waals surface area contributed by atoms with Gasteiger partial charge in [0, 0.05) is 13.2 Å². The summed E-state index contributed by atoms with van der Waals surface area (Å²) in [7, 11) is 1.92. The molecule has 0 spiro atoms. The van der Waals surface area contributed by atoms with Gasteiger partial charge in [-0.3, -0.25) is 9.78 Å². The largest absolute Gasteiger partial charge is 0.373 e. The van der Waals surface area contributed by atoms with Crippen LogP contribution in [0.4, 0.5) is 8.78 Å². The summed E-state index contributed by atoms with van der Waals surface area (Å²) in [6.07, 6.45) is 0.714. The van der Waals surface area contributed by atoms with Crippen molar-refractivity contribution in [1.29, 1.82) is 0 Å². The van der Waals surface area contributed by atoms with E-state index in [1.54, 1.807) is 6.20 Å². The number of alkyl halides is 2. The minimum atomic E-state index is -2.50. The highest BCUT2D eigenvalue weighted by molar-refractivity contribution is 5.16. The topological polar surface area (TPSA) is 65.0 Å². The van der Waals surface area contributed by atoms with Gasteiger partial charge in [0.05, 0.1) is 48.6 Å². The van der Waals surface area contributed by atoms with Crippen LogP contribution in [-0.4, -0.2) is 32.2 Å². The zero-order valence-corrected chi connectivity index (χ0v) is 16.8. The van der Waals surface area contributed by atoms with E-state index in [1.165, 1.54) is 0 Å². The van der Waals surface area contributed by atoms with Gasteiger partial charge in [0.15, 0.2) is 0 Å². The van der Waals surface area contributed by atoms with Gasteiger partial charge in [0.2, 0.25) is 0 Å². The number of aryl methyl sites for hydroxylation is 1. The Labute approximate surface area is 154 Å². The van der Waals surface area contributed by atoms with Gasteiger partial charge in [-0.1, -0.05) is 13.8 Å². The first-order chi connectivity index (χ1) is 12.3. The summed E-state index contributed by atoms with van der Waals surface area (Å²) < 4.78 is 36.9. The monoisotopic (exact) mass is 374 g/mol. The highest BCUT2D eigenvalue weighted by Crippen LogP contribution is 2.21. The molecule has 2 aromatic rings. The summed E-state index contributed by atoms with van der Waals surface area (Å²) in [5.41, 5.74) is 1.38. The second kappa shape index (κ2) is 13.4. The molecule has 0 saturated carbocycles. The molecule has 26 heavy (non-hydrogen) atoms. The molecule has 0 atom stereocenters. The second-order valence-corrected chi connectivity index (χ2v) is 5.77. The number of aromatic amines is 1. The van der Waals surface area contributed by atoms with E-state index in [2.05, 4.69) is 15.3 Å². The Hall–Kier alpha value is -1.80. The van der Waals surface area contributed by atoms with Crippen LogP contribution in [0, 0.1) is 0 Å². The van der Waals surface area contributed by atoms with Gasteiger partial charge in [-0.2, -0.15) is 10.2 Å². The van der Waals surface area contributed by atoms with Crippen LogP contribution in [0.5, 0.6) is 0 Å². The number of hydrogen-bond acceptors (Lipinski definition) is 4. The minimum absolute atomic E-state index is 0.0221. The first kappa shape index (κ1) is 24.2. The molecule has 2 rings (SSSR count). The van der Waals surface area contributed by atoms with Gasteiger partial charge in [-0.15, -0.1) is 0 Å². The van der Waals surface area contributed by atoms with Crippen LogP contribution >= 0.6 is 0 Å². The zero-order chi connectivity index (χ0) is 20.1. The fourth-order valence-electron chi connectivity index (χ4n) is 1.67. The van der Waals surface area contributed by atoms with Crippen LogP contribution in [0.2, 0.25) is 0 Å². The van der Waals surface area contributed by atoms with Gasteiger partial charge in [-0.25, -0.2) is 8.78 Å². The van der Waals surface area contributed by atoms with Crippen molar-refractivity contribution in [2.45, 2.75) is 73.4 Å². The molecular formula is C18H32F2N4O2. The van der Waals surface area contributed by atoms with E-state index in [9.17, 15) is 8.78 Å². The maximum Gasteiger partial charge on any atom is 0.267 e. The molecule has 1 N–H and O–H groups in total. The first-order valence-electron chi connectivity index (χ1n) is 8.81. The van der Waals surface area contributed by atoms with Crippen LogP contribution < -0.4 is 0 Å². The Morgan fingerprint density at radius 2 is 1.65 bits per heavy atom. The molecule has 0 amide bonds. The molecule has 0 fully saturated rings. The van der Waals surface area contributed by atoms with Gasteiger partial charge in [0.1, 0.15) is 0 Å². The van der Waals surface area contributed by atoms with Crippen molar-refractivity contribution in [2.24, 2.45) is 7.05 Å². The molecule has 6 nitrogen and oxygen atoms in total. The summed E-state index contributed by atoms with van der Waals surface area (Å²) in [5.74, 6) is 0. The lowest BCUT2D eigenvalue weighted by Crippen LogP contribution is -2.06. The Morgan fingerprint density at radius 1 is 1.08 bits per heavy atom. The number of hydrogen-bond donors (Lipinski definition) is 1. The third-order valence-electron chi connectivity index (χ3n) is 3.03. The number of ether oxygens (including phenoxy) is 2. The van der Waals surface area contributed by atoms with Crippen molar-refractivity contribution >= 4 is 0 Å². The predicted molar refractivity (Wildman–Crippen MR) is 98.0 cm³/mol. The average molecular weight is 374 g/mol. The van der Waals surface area contributed by atoms with E-state index < -0.39 is 6.43 Å². The molecule has 0 aliphatic heterocycles. The number of rotatable bonds is 7. The summed E-state index contributed by atoms with van der Waals surface area (Å²) in [4.78, 5) is 0. The van der Waals surface area contributed by atoms with Crippen molar-refractivity contribution in [3.05, 3.63) is 35.4 Å². The number of nitrogens with zero attached hydrogens (tertiary/aromatic N) is 3. The fraction of sp³-hybridized carbons (Fsp3) is 0.667. The Bertz CT molecular complexity index is 583. The van der Waals surface area contributed by atoms with Gasteiger partial charge in [0.25, 0.3) is 6.43 Å². The average Bonchev–Trinajstić information content (AvgIpc) is 3.22. The van der Waals surface area contributed by atoms with Crippen LogP contribution in [-0.2, 0) is 29.7 Å². The van der Waals surface area contributed by atoms with E-state index in [0.29, 0.717) is 12.3 Å². The van der Waals surface area contributed by atoms with Crippen molar-refractivity contribution in [1.82, 2.24) is 20.0 Å². The zero-order valence-electron chi connectivity index (χ0n) is 16.8. The molecule has 0 aliphatic carbocycles. The van der Waals surface area contributed by atoms with Crippen LogP contribution in [0.15, 0.2) is 18.5 Å². The van der Waals surface area contributed by atoms with E-state index in [0.717, 1.165) is 11.9 Å². The van der Waals surface area contributed by atoms with E-state index in [1.807, 2.05) is 59.3 Å². The van der Waals surface area contributed by atoms with E-state index in [4.69, 9.17) is 9.47 Å². The van der Waals surface area contributed by atoms with Crippen LogP contribution in [0.3, 0.4) is 0 Å². The lowest BCUT2D eigenvalue weighted by molar-refractivity contribution is 0.0602. The first-order valence-corrected chi connectivity index (χ1v) is 8.81. The van der Waals surface area contributed by atoms with Gasteiger partial charge in [-0.05, 0) is 33.8 Å². The summed E-state index contributed by atoms with van der Waals surface area (Å²) in [6, 6.07) is 1.96. The second-order valence-electron chi connectivity index (χ2n) is 5.77. The Kier molecular flexibility index (Phi) is 12.5. The molecule has 0 radical (unpaired) electrons. The highest BCUT2D eigenvalue weighted by atomic mass is 19.3. The molecule has 0 unspecified atom stereocenters. The number of H-pyrrole nitrogens is 1. The quantitative estimate of drug-likeness (QED) is 0.766. The Balaban J connectivity index is 0.000000444. The lowest BCUT2D eigenvalue weighted by Gasteiger charge is -2.06. The molecule has 2 aromatic heterocycles. The van der Waals surface area contributed by atoms with E-state index >= 15 is 0 Å². The molecule has 0 bridgehead atoms. The number of nitrogens with one attached hydrogen (secondary N) is 1. The Morgan fingerprint density at radius 3 is 2.12 bits per heavy atom. The molecule has 0 saturated heterocycles. The maximum atomic E-state index is 12.3. The fourth-order valence-corrected chi connectivity index (χ4v) is 1.67. The van der Waals surface area contributed by atoms with Crippen molar-refractivity contribution in [3.8, 4) is 0 Å². The van der Waals surface area contributed by atoms with Crippen LogP contribution in [0.1, 0.15) is 64.9 Å². The number of halogens is 2. The van der Waals surface area contributed by atoms with Crippen molar-refractivity contribution in [2.75, 3.05) is 0 Å². The molecule has 2 heterocycles. The standard InChI is InChI=1S/C8H12F2N2O.C8H14N2O.C2H6/c1-5(2)13-4-7-6(8(9)10)3-11-12-7;1-7(2)11-6-8-4-5-9-10(8)3;1-2/h3,5,8H,4H2,1-2H3,(H,11,12);4-5,7H,6H2,1-3H3;1-2H3. The molecule has 8 heteroatoms. The summed E-state index contributed by atoms with van der Waals surface area (Å²) >= 11 is 0. The van der Waals surface area contributed by atoms with Crippen molar-refractivity contribution in [3.63, 3.8) is 0 Å². The van der Waals surface area contributed by atoms with Gasteiger partial charge >= 0.3 is 0 Å². The summed E-state index contributed by atoms with van der Waals surface area (Å²) in [6.45, 7) is 12.5. The third-order valence-corrected chi connectivity index (χ3v) is 3.03. The highest BCUT2D eigenvalue weighted by Gasteiger charge is 2.15. The lowest BCUT2D eigenvalue weighted by atomic mass is 10.2. The SMILES string of the molecule is CC.CC(C)OCc1[nH]ncc1C(F)F.CC(C)OCc1ccnn1C. The number of aromatic nitrogens is 4. The molecular weight excluding hydrogens is 342 g/mol. The minimum Gasteiger partial charge on any atom is -0.373 e. The summed E-state index contributed by atoms with van der Waals surface area (Å²) in [5, 5.41) is 10.1. The van der Waals surface area contributed by atoms with Crippen LogP contribution in [0.25, 0.3) is 0 Å². The maximum absolute atomic E-state index is 12.3.